The molecule has 0 saturated carbocycles. The van der Waals surface area contributed by atoms with Gasteiger partial charge in [-0.3, -0.25) is 9.59 Å². The summed E-state index contributed by atoms with van der Waals surface area (Å²) in [6, 6.07) is 11.6. The van der Waals surface area contributed by atoms with Crippen LogP contribution in [0.2, 0.25) is 0 Å². The molecular formula is C19H14FN3O5S. The molecule has 1 unspecified atom stereocenters. The highest BCUT2D eigenvalue weighted by Crippen LogP contribution is 2.22. The summed E-state index contributed by atoms with van der Waals surface area (Å²) in [7, 11) is 0. The van der Waals surface area contributed by atoms with Crippen LogP contribution in [0, 0.1) is 5.82 Å². The first-order valence-electron chi connectivity index (χ1n) is 8.29. The standard InChI is InChI=1S/C19H14FN3O5S/c20-13-5-2-4-12(8-13)18(27)28-14-6-1-3-11(7-14)10-21-23-19-22-17(26)15(29-19)9-16(24)25/h1-8,10,15H,9H2,(H,24,25)(H,22,23,26). The smallest absolute Gasteiger partial charge is 0.343 e. The fourth-order valence-electron chi connectivity index (χ4n) is 2.33. The molecule has 2 aromatic carbocycles. The van der Waals surface area contributed by atoms with Crippen LogP contribution >= 0.6 is 11.8 Å². The van der Waals surface area contributed by atoms with Gasteiger partial charge in [-0.05, 0) is 35.9 Å². The molecule has 0 spiro atoms. The number of halogens is 1. The molecule has 1 heterocycles. The number of carboxylic acids is 1. The van der Waals surface area contributed by atoms with Gasteiger partial charge in [-0.15, -0.1) is 5.10 Å². The summed E-state index contributed by atoms with van der Waals surface area (Å²) in [6.45, 7) is 0. The highest BCUT2D eigenvalue weighted by Gasteiger charge is 2.32. The minimum atomic E-state index is -1.08. The van der Waals surface area contributed by atoms with E-state index in [4.69, 9.17) is 9.84 Å². The van der Waals surface area contributed by atoms with Gasteiger partial charge in [-0.1, -0.05) is 30.0 Å². The second-order valence-electron chi connectivity index (χ2n) is 5.82. The van der Waals surface area contributed by atoms with Crippen LogP contribution in [0.25, 0.3) is 0 Å². The third-order valence-electron chi connectivity index (χ3n) is 3.62. The average molecular weight is 415 g/mol. The van der Waals surface area contributed by atoms with E-state index in [1.807, 2.05) is 0 Å². The third kappa shape index (κ3) is 5.72. The van der Waals surface area contributed by atoms with E-state index in [1.165, 1.54) is 30.5 Å². The van der Waals surface area contributed by atoms with Crippen LogP contribution in [0.4, 0.5) is 4.39 Å². The van der Waals surface area contributed by atoms with E-state index in [2.05, 4.69) is 15.5 Å². The SMILES string of the molecule is O=C(O)CC1SC(=NN=Cc2cccc(OC(=O)c3cccc(F)c3)c2)NC1=O. The van der Waals surface area contributed by atoms with Gasteiger partial charge >= 0.3 is 11.9 Å². The number of amidine groups is 1. The molecule has 8 nitrogen and oxygen atoms in total. The summed E-state index contributed by atoms with van der Waals surface area (Å²) in [6.07, 6.45) is 1.07. The summed E-state index contributed by atoms with van der Waals surface area (Å²) in [5, 5.41) is 18.4. The molecule has 1 atom stereocenters. The fourth-order valence-corrected chi connectivity index (χ4v) is 3.25. The van der Waals surface area contributed by atoms with Crippen molar-refractivity contribution in [3.05, 3.63) is 65.5 Å². The number of carbonyl (C=O) groups is 3. The zero-order valence-electron chi connectivity index (χ0n) is 14.7. The normalized spacial score (nSPS) is 17.5. The number of rotatable bonds is 6. The number of ether oxygens (including phenoxy) is 1. The number of benzene rings is 2. The van der Waals surface area contributed by atoms with Crippen molar-refractivity contribution in [2.45, 2.75) is 11.7 Å². The number of nitrogens with one attached hydrogen (secondary N) is 1. The minimum Gasteiger partial charge on any atom is -0.481 e. The van der Waals surface area contributed by atoms with Gasteiger partial charge in [0, 0.05) is 0 Å². The highest BCUT2D eigenvalue weighted by atomic mass is 32.2. The minimum absolute atomic E-state index is 0.0837. The van der Waals surface area contributed by atoms with Gasteiger partial charge in [0.15, 0.2) is 5.17 Å². The predicted molar refractivity (Wildman–Crippen MR) is 105 cm³/mol. The molecule has 1 amide bonds. The van der Waals surface area contributed by atoms with Crippen molar-refractivity contribution in [2.75, 3.05) is 0 Å². The summed E-state index contributed by atoms with van der Waals surface area (Å²) in [4.78, 5) is 34.4. The summed E-state index contributed by atoms with van der Waals surface area (Å²) < 4.78 is 18.4. The van der Waals surface area contributed by atoms with Gasteiger partial charge < -0.3 is 15.2 Å². The van der Waals surface area contributed by atoms with E-state index >= 15 is 0 Å². The Kier molecular flexibility index (Phi) is 6.35. The first-order valence-corrected chi connectivity index (χ1v) is 9.17. The third-order valence-corrected chi connectivity index (χ3v) is 4.69. The van der Waals surface area contributed by atoms with Crippen molar-refractivity contribution in [1.82, 2.24) is 5.32 Å². The molecule has 10 heteroatoms. The summed E-state index contributed by atoms with van der Waals surface area (Å²) in [5.41, 5.74) is 0.649. The van der Waals surface area contributed by atoms with Gasteiger partial charge in [-0.2, -0.15) is 5.10 Å². The molecule has 0 bridgehead atoms. The molecular weight excluding hydrogens is 401 g/mol. The number of esters is 1. The molecule has 0 aromatic heterocycles. The fraction of sp³-hybridized carbons (Fsp3) is 0.105. The second kappa shape index (κ2) is 9.11. The number of hydrogen-bond acceptors (Lipinski definition) is 7. The van der Waals surface area contributed by atoms with Crippen LogP contribution in [0.3, 0.4) is 0 Å². The lowest BCUT2D eigenvalue weighted by Gasteiger charge is -2.05. The second-order valence-corrected chi connectivity index (χ2v) is 7.01. The van der Waals surface area contributed by atoms with Crippen LogP contribution in [-0.4, -0.2) is 39.6 Å². The van der Waals surface area contributed by atoms with Gasteiger partial charge in [0.2, 0.25) is 5.91 Å². The molecule has 0 aliphatic carbocycles. The highest BCUT2D eigenvalue weighted by molar-refractivity contribution is 8.15. The zero-order chi connectivity index (χ0) is 20.8. The summed E-state index contributed by atoms with van der Waals surface area (Å²) >= 11 is 0.987. The first-order chi connectivity index (χ1) is 13.9. The first kappa shape index (κ1) is 20.2. The quantitative estimate of drug-likeness (QED) is 0.324. The number of amides is 1. The Bertz CT molecular complexity index is 1020. The van der Waals surface area contributed by atoms with Gasteiger partial charge in [0.05, 0.1) is 18.2 Å². The summed E-state index contributed by atoms with van der Waals surface area (Å²) in [5.74, 6) is -2.51. The van der Waals surface area contributed by atoms with Crippen LogP contribution < -0.4 is 10.1 Å². The van der Waals surface area contributed by atoms with Crippen molar-refractivity contribution in [3.63, 3.8) is 0 Å². The predicted octanol–water partition coefficient (Wildman–Crippen LogP) is 2.44. The lowest BCUT2D eigenvalue weighted by atomic mass is 10.2. The molecule has 2 N–H and O–H groups in total. The number of thioether (sulfide) groups is 1. The molecule has 0 radical (unpaired) electrons. The topological polar surface area (TPSA) is 117 Å². The number of carbonyl (C=O) groups excluding carboxylic acids is 2. The zero-order valence-corrected chi connectivity index (χ0v) is 15.6. The maximum atomic E-state index is 13.2. The van der Waals surface area contributed by atoms with E-state index in [1.54, 1.807) is 18.2 Å². The lowest BCUT2D eigenvalue weighted by molar-refractivity contribution is -0.138. The Hall–Kier alpha value is -3.53. The van der Waals surface area contributed by atoms with Crippen molar-refractivity contribution in [2.24, 2.45) is 10.2 Å². The van der Waals surface area contributed by atoms with Crippen molar-refractivity contribution >= 4 is 41.0 Å². The van der Waals surface area contributed by atoms with Crippen LogP contribution in [0.15, 0.2) is 58.7 Å². The van der Waals surface area contributed by atoms with Crippen LogP contribution in [0.1, 0.15) is 22.3 Å². The van der Waals surface area contributed by atoms with Gasteiger partial charge in [-0.25, -0.2) is 9.18 Å². The largest absolute Gasteiger partial charge is 0.481 e. The maximum absolute atomic E-state index is 13.2. The molecule has 1 saturated heterocycles. The maximum Gasteiger partial charge on any atom is 0.343 e. The molecule has 1 aliphatic heterocycles. The van der Waals surface area contributed by atoms with Gasteiger partial charge in [0.25, 0.3) is 0 Å². The molecule has 1 aliphatic rings. The molecule has 1 fully saturated rings. The van der Waals surface area contributed by atoms with E-state index in [0.29, 0.717) is 5.56 Å². The van der Waals surface area contributed by atoms with E-state index < -0.39 is 28.9 Å². The molecule has 3 rings (SSSR count). The van der Waals surface area contributed by atoms with E-state index in [0.717, 1.165) is 17.8 Å². The van der Waals surface area contributed by atoms with Crippen LogP contribution in [-0.2, 0) is 9.59 Å². The monoisotopic (exact) mass is 415 g/mol. The Morgan fingerprint density at radius 3 is 2.79 bits per heavy atom. The Labute approximate surface area is 168 Å². The van der Waals surface area contributed by atoms with Crippen molar-refractivity contribution in [1.29, 1.82) is 0 Å². The molecule has 2 aromatic rings. The average Bonchev–Trinajstić information content (AvgIpc) is 3.00. The number of hydrogen-bond donors (Lipinski definition) is 2. The van der Waals surface area contributed by atoms with Crippen molar-refractivity contribution < 1.29 is 28.6 Å². The Morgan fingerprint density at radius 1 is 1.24 bits per heavy atom. The number of carboxylic acid groups (broad SMARTS) is 1. The lowest BCUT2D eigenvalue weighted by Crippen LogP contribution is -2.26. The Morgan fingerprint density at radius 2 is 2.03 bits per heavy atom. The van der Waals surface area contributed by atoms with E-state index in [9.17, 15) is 18.8 Å². The molecule has 29 heavy (non-hydrogen) atoms. The van der Waals surface area contributed by atoms with Gasteiger partial charge in [0.1, 0.15) is 16.8 Å². The number of aliphatic carboxylic acids is 1. The van der Waals surface area contributed by atoms with Crippen LogP contribution in [0.5, 0.6) is 5.75 Å². The number of nitrogens with zero attached hydrogens (tertiary/aromatic N) is 2. The Balaban J connectivity index is 1.63. The van der Waals surface area contributed by atoms with E-state index in [-0.39, 0.29) is 22.9 Å². The van der Waals surface area contributed by atoms with Crippen molar-refractivity contribution in [3.8, 4) is 5.75 Å². The molecule has 148 valence electrons.